The van der Waals surface area contributed by atoms with Gasteiger partial charge < -0.3 is 9.72 Å². The number of nitrogens with one attached hydrogen (secondary N) is 1. The second-order valence-electron chi connectivity index (χ2n) is 8.33. The lowest BCUT2D eigenvalue weighted by molar-refractivity contribution is -0.137. The van der Waals surface area contributed by atoms with Gasteiger partial charge in [0.1, 0.15) is 0 Å². The van der Waals surface area contributed by atoms with Gasteiger partial charge in [0.25, 0.3) is 0 Å². The molecule has 166 valence electrons. The van der Waals surface area contributed by atoms with Gasteiger partial charge in [0.15, 0.2) is 5.65 Å². The molecule has 0 bridgehead atoms. The van der Waals surface area contributed by atoms with Crippen LogP contribution in [0.5, 0.6) is 0 Å². The van der Waals surface area contributed by atoms with Gasteiger partial charge in [0.2, 0.25) is 0 Å². The molecule has 4 nitrogen and oxygen atoms in total. The predicted molar refractivity (Wildman–Crippen MR) is 117 cm³/mol. The fraction of sp³-hybridized carbons (Fsp3) is 0.435. The van der Waals surface area contributed by atoms with Crippen molar-refractivity contribution >= 4 is 17.2 Å². The summed E-state index contributed by atoms with van der Waals surface area (Å²) >= 11 is 6.27. The van der Waals surface area contributed by atoms with E-state index in [4.69, 9.17) is 16.6 Å². The maximum atomic E-state index is 13.5. The summed E-state index contributed by atoms with van der Waals surface area (Å²) < 4.78 is 42.0. The van der Waals surface area contributed by atoms with E-state index >= 15 is 0 Å². The molecule has 0 amide bonds. The number of pyridine rings is 1. The quantitative estimate of drug-likeness (QED) is 0.562. The standard InChI is InChI=1S/C23H26ClF3N4/c1-15(2)16-4-6-17(7-5-16)21-20(14-30-10-3-8-28-9-11-30)31-13-18(23(25,26)27)12-19(24)22(31)29-21/h4-7,12-13,15,28H,3,8-11,14H2,1-2H3. The van der Waals surface area contributed by atoms with E-state index in [2.05, 4.69) is 24.1 Å². The van der Waals surface area contributed by atoms with Gasteiger partial charge in [-0.2, -0.15) is 13.2 Å². The van der Waals surface area contributed by atoms with Crippen LogP contribution in [0.15, 0.2) is 36.5 Å². The lowest BCUT2D eigenvalue weighted by atomic mass is 10.0. The highest BCUT2D eigenvalue weighted by molar-refractivity contribution is 6.33. The van der Waals surface area contributed by atoms with Crippen molar-refractivity contribution in [3.05, 3.63) is 58.4 Å². The number of rotatable bonds is 4. The van der Waals surface area contributed by atoms with Crippen molar-refractivity contribution in [3.8, 4) is 11.3 Å². The van der Waals surface area contributed by atoms with Gasteiger partial charge in [-0.25, -0.2) is 4.98 Å². The molecule has 1 aromatic carbocycles. The number of nitrogens with zero attached hydrogens (tertiary/aromatic N) is 3. The second kappa shape index (κ2) is 8.81. The molecule has 3 aromatic rings. The third kappa shape index (κ3) is 4.73. The maximum absolute atomic E-state index is 13.5. The number of hydrogen-bond acceptors (Lipinski definition) is 3. The molecule has 8 heteroatoms. The van der Waals surface area contributed by atoms with Crippen LogP contribution in [0.1, 0.15) is 43.0 Å². The summed E-state index contributed by atoms with van der Waals surface area (Å²) in [5, 5.41) is 3.36. The number of benzene rings is 1. The van der Waals surface area contributed by atoms with E-state index in [0.717, 1.165) is 56.1 Å². The highest BCUT2D eigenvalue weighted by Crippen LogP contribution is 2.35. The third-order valence-corrected chi connectivity index (χ3v) is 6.04. The van der Waals surface area contributed by atoms with Crippen LogP contribution in [-0.2, 0) is 12.7 Å². The maximum Gasteiger partial charge on any atom is 0.417 e. The zero-order chi connectivity index (χ0) is 22.2. The number of imidazole rings is 1. The monoisotopic (exact) mass is 450 g/mol. The fourth-order valence-corrected chi connectivity index (χ4v) is 4.24. The first-order valence-electron chi connectivity index (χ1n) is 10.5. The van der Waals surface area contributed by atoms with Crippen LogP contribution in [0.4, 0.5) is 13.2 Å². The van der Waals surface area contributed by atoms with Gasteiger partial charge in [-0.1, -0.05) is 49.7 Å². The first-order valence-corrected chi connectivity index (χ1v) is 10.9. The van der Waals surface area contributed by atoms with Gasteiger partial charge >= 0.3 is 6.18 Å². The number of alkyl halides is 3. The van der Waals surface area contributed by atoms with Crippen LogP contribution < -0.4 is 5.32 Å². The zero-order valence-corrected chi connectivity index (χ0v) is 18.4. The molecule has 1 fully saturated rings. The summed E-state index contributed by atoms with van der Waals surface area (Å²) in [6.07, 6.45) is -2.37. The minimum Gasteiger partial charge on any atom is -0.315 e. The molecule has 0 atom stereocenters. The van der Waals surface area contributed by atoms with Crippen molar-refractivity contribution in [1.82, 2.24) is 19.6 Å². The Morgan fingerprint density at radius 2 is 1.87 bits per heavy atom. The lowest BCUT2D eigenvalue weighted by Gasteiger charge is -2.20. The van der Waals surface area contributed by atoms with Crippen LogP contribution >= 0.6 is 11.6 Å². The van der Waals surface area contributed by atoms with E-state index in [-0.39, 0.29) is 5.02 Å². The minimum atomic E-state index is -4.48. The van der Waals surface area contributed by atoms with Crippen LogP contribution in [0.2, 0.25) is 5.02 Å². The van der Waals surface area contributed by atoms with Gasteiger partial charge in [0.05, 0.1) is 22.0 Å². The van der Waals surface area contributed by atoms with Crippen molar-refractivity contribution in [2.75, 3.05) is 26.2 Å². The highest BCUT2D eigenvalue weighted by atomic mass is 35.5. The van der Waals surface area contributed by atoms with E-state index in [1.54, 1.807) is 0 Å². The average Bonchev–Trinajstić information content (AvgIpc) is 2.89. The molecule has 3 heterocycles. The summed E-state index contributed by atoms with van der Waals surface area (Å²) in [4.78, 5) is 6.94. The second-order valence-corrected chi connectivity index (χ2v) is 8.74. The average molecular weight is 451 g/mol. The Bertz CT molecular complexity index is 1050. The molecule has 0 radical (unpaired) electrons. The summed E-state index contributed by atoms with van der Waals surface area (Å²) in [6, 6.07) is 9.03. The predicted octanol–water partition coefficient (Wildman–Crippen LogP) is 5.59. The smallest absolute Gasteiger partial charge is 0.315 e. The van der Waals surface area contributed by atoms with E-state index in [1.807, 2.05) is 24.3 Å². The molecule has 1 saturated heterocycles. The summed E-state index contributed by atoms with van der Waals surface area (Å²) in [7, 11) is 0. The van der Waals surface area contributed by atoms with Gasteiger partial charge in [-0.3, -0.25) is 4.90 Å². The van der Waals surface area contributed by atoms with E-state index < -0.39 is 11.7 Å². The Morgan fingerprint density at radius 3 is 2.55 bits per heavy atom. The number of halogens is 4. The molecule has 0 saturated carbocycles. The van der Waals surface area contributed by atoms with Gasteiger partial charge in [-0.05, 0) is 37.1 Å². The van der Waals surface area contributed by atoms with Crippen LogP contribution in [-0.4, -0.2) is 40.5 Å². The number of fused-ring (bicyclic) bond motifs is 1. The number of aromatic nitrogens is 2. The van der Waals surface area contributed by atoms with Crippen molar-refractivity contribution < 1.29 is 13.2 Å². The molecule has 4 rings (SSSR count). The topological polar surface area (TPSA) is 32.6 Å². The third-order valence-electron chi connectivity index (χ3n) is 5.76. The molecule has 0 spiro atoms. The molecule has 31 heavy (non-hydrogen) atoms. The van der Waals surface area contributed by atoms with E-state index in [0.29, 0.717) is 23.8 Å². The first-order chi connectivity index (χ1) is 14.7. The molecule has 1 aliphatic rings. The van der Waals surface area contributed by atoms with Crippen molar-refractivity contribution in [3.63, 3.8) is 0 Å². The highest BCUT2D eigenvalue weighted by Gasteiger charge is 2.32. The van der Waals surface area contributed by atoms with Crippen molar-refractivity contribution in [2.24, 2.45) is 0 Å². The molecule has 0 aliphatic carbocycles. The SMILES string of the molecule is CC(C)c1ccc(-c2nc3c(Cl)cc(C(F)(F)F)cn3c2CN2CCCNCC2)cc1. The minimum absolute atomic E-state index is 0.00124. The molecule has 2 aromatic heterocycles. The van der Waals surface area contributed by atoms with Crippen molar-refractivity contribution in [1.29, 1.82) is 0 Å². The van der Waals surface area contributed by atoms with Crippen LogP contribution in [0.25, 0.3) is 16.9 Å². The fourth-order valence-electron chi connectivity index (χ4n) is 3.99. The molecule has 0 unspecified atom stereocenters. The van der Waals surface area contributed by atoms with Gasteiger partial charge in [-0.15, -0.1) is 0 Å². The van der Waals surface area contributed by atoms with Crippen LogP contribution in [0, 0.1) is 0 Å². The normalized spacial score (nSPS) is 16.2. The largest absolute Gasteiger partial charge is 0.417 e. The Balaban J connectivity index is 1.86. The molecule has 1 N–H and O–H groups in total. The Morgan fingerprint density at radius 1 is 1.13 bits per heavy atom. The summed E-state index contributed by atoms with van der Waals surface area (Å²) in [5.74, 6) is 0.392. The molecular formula is C23H26ClF3N4. The Labute approximate surface area is 185 Å². The van der Waals surface area contributed by atoms with E-state index in [1.165, 1.54) is 9.96 Å². The van der Waals surface area contributed by atoms with Crippen molar-refractivity contribution in [2.45, 2.75) is 38.9 Å². The Hall–Kier alpha value is -2.09. The lowest BCUT2D eigenvalue weighted by Crippen LogP contribution is -2.28. The first kappa shape index (κ1) is 22.1. The molecular weight excluding hydrogens is 425 g/mol. The van der Waals surface area contributed by atoms with E-state index in [9.17, 15) is 13.2 Å². The van der Waals surface area contributed by atoms with Gasteiger partial charge in [0, 0.05) is 31.4 Å². The summed E-state index contributed by atoms with van der Waals surface area (Å²) in [6.45, 7) is 8.24. The zero-order valence-electron chi connectivity index (χ0n) is 17.6. The Kier molecular flexibility index (Phi) is 6.28. The number of hydrogen-bond donors (Lipinski definition) is 1. The summed E-state index contributed by atoms with van der Waals surface area (Å²) in [5.41, 5.74) is 3.05. The molecule has 1 aliphatic heterocycles. The van der Waals surface area contributed by atoms with Crippen LogP contribution in [0.3, 0.4) is 0 Å².